The van der Waals surface area contributed by atoms with Gasteiger partial charge in [-0.15, -0.1) is 0 Å². The van der Waals surface area contributed by atoms with Gasteiger partial charge in [-0.25, -0.2) is 4.98 Å². The molecular formula is C15H13BrN2O. The number of aromatic nitrogens is 2. The fourth-order valence-corrected chi connectivity index (χ4v) is 2.59. The van der Waals surface area contributed by atoms with Crippen LogP contribution < -0.4 is 4.74 Å². The van der Waals surface area contributed by atoms with Crippen LogP contribution in [0.2, 0.25) is 0 Å². The molecule has 0 saturated heterocycles. The Kier molecular flexibility index (Phi) is 3.03. The number of ether oxygens (including phenoxy) is 1. The molecule has 0 radical (unpaired) electrons. The quantitative estimate of drug-likeness (QED) is 0.712. The van der Waals surface area contributed by atoms with Gasteiger partial charge in [0, 0.05) is 18.0 Å². The van der Waals surface area contributed by atoms with E-state index in [0.717, 1.165) is 27.1 Å². The van der Waals surface area contributed by atoms with Gasteiger partial charge < -0.3 is 9.14 Å². The summed E-state index contributed by atoms with van der Waals surface area (Å²) >= 11 is 3.50. The fourth-order valence-electron chi connectivity index (χ4n) is 2.05. The Hall–Kier alpha value is -1.81. The van der Waals surface area contributed by atoms with Gasteiger partial charge in [-0.3, -0.25) is 0 Å². The zero-order valence-electron chi connectivity index (χ0n) is 10.7. The van der Waals surface area contributed by atoms with E-state index in [4.69, 9.17) is 4.74 Å². The van der Waals surface area contributed by atoms with Crippen molar-refractivity contribution in [2.24, 2.45) is 0 Å². The predicted octanol–water partition coefficient (Wildman–Crippen LogP) is 4.08. The van der Waals surface area contributed by atoms with Crippen LogP contribution >= 0.6 is 15.9 Å². The molecule has 96 valence electrons. The SMILES string of the molecule is COc1ccc(-c2cn3ccc(C)cc3n2)cc1Br. The van der Waals surface area contributed by atoms with Gasteiger partial charge >= 0.3 is 0 Å². The Morgan fingerprint density at radius 3 is 2.79 bits per heavy atom. The summed E-state index contributed by atoms with van der Waals surface area (Å²) < 4.78 is 8.20. The largest absolute Gasteiger partial charge is 0.496 e. The lowest BCUT2D eigenvalue weighted by atomic mass is 10.2. The van der Waals surface area contributed by atoms with Gasteiger partial charge in [0.25, 0.3) is 0 Å². The van der Waals surface area contributed by atoms with Crippen molar-refractivity contribution in [2.45, 2.75) is 6.92 Å². The normalized spacial score (nSPS) is 10.9. The Labute approximate surface area is 120 Å². The number of rotatable bonds is 2. The van der Waals surface area contributed by atoms with Crippen molar-refractivity contribution in [3.8, 4) is 17.0 Å². The van der Waals surface area contributed by atoms with E-state index in [-0.39, 0.29) is 0 Å². The van der Waals surface area contributed by atoms with Crippen molar-refractivity contribution in [1.82, 2.24) is 9.38 Å². The molecule has 0 fully saturated rings. The molecular weight excluding hydrogens is 304 g/mol. The molecule has 19 heavy (non-hydrogen) atoms. The summed E-state index contributed by atoms with van der Waals surface area (Å²) in [5.74, 6) is 0.823. The molecule has 0 saturated carbocycles. The van der Waals surface area contributed by atoms with E-state index in [0.29, 0.717) is 0 Å². The van der Waals surface area contributed by atoms with E-state index >= 15 is 0 Å². The number of halogens is 1. The first kappa shape index (κ1) is 12.2. The van der Waals surface area contributed by atoms with Gasteiger partial charge in [0.2, 0.25) is 0 Å². The standard InChI is InChI=1S/C15H13BrN2O/c1-10-5-6-18-9-13(17-15(18)7-10)11-3-4-14(19-2)12(16)8-11/h3-9H,1-2H3. The lowest BCUT2D eigenvalue weighted by Crippen LogP contribution is -1.85. The summed E-state index contributed by atoms with van der Waals surface area (Å²) in [6.45, 7) is 2.07. The van der Waals surface area contributed by atoms with Crippen LogP contribution in [0.3, 0.4) is 0 Å². The molecule has 2 aromatic heterocycles. The van der Waals surface area contributed by atoms with Crippen molar-refractivity contribution < 1.29 is 4.74 Å². The Bertz CT molecular complexity index is 749. The highest BCUT2D eigenvalue weighted by Crippen LogP contribution is 2.30. The molecule has 1 aromatic carbocycles. The van der Waals surface area contributed by atoms with E-state index in [9.17, 15) is 0 Å². The van der Waals surface area contributed by atoms with E-state index in [1.165, 1.54) is 5.56 Å². The summed E-state index contributed by atoms with van der Waals surface area (Å²) in [5.41, 5.74) is 4.19. The van der Waals surface area contributed by atoms with Crippen LogP contribution in [0.4, 0.5) is 0 Å². The van der Waals surface area contributed by atoms with Gasteiger partial charge in [0.1, 0.15) is 11.4 Å². The van der Waals surface area contributed by atoms with Gasteiger partial charge in [-0.05, 0) is 58.7 Å². The number of fused-ring (bicyclic) bond motifs is 1. The molecule has 0 aliphatic heterocycles. The maximum absolute atomic E-state index is 5.24. The van der Waals surface area contributed by atoms with E-state index in [1.807, 2.05) is 35.0 Å². The molecule has 0 bridgehead atoms. The Morgan fingerprint density at radius 1 is 1.21 bits per heavy atom. The molecule has 0 amide bonds. The minimum absolute atomic E-state index is 0.823. The number of nitrogens with zero attached hydrogens (tertiary/aromatic N) is 2. The highest BCUT2D eigenvalue weighted by molar-refractivity contribution is 9.10. The minimum Gasteiger partial charge on any atom is -0.496 e. The maximum atomic E-state index is 5.24. The lowest BCUT2D eigenvalue weighted by molar-refractivity contribution is 0.412. The number of methoxy groups -OCH3 is 1. The van der Waals surface area contributed by atoms with Crippen molar-refractivity contribution in [3.63, 3.8) is 0 Å². The number of aryl methyl sites for hydroxylation is 1. The first-order valence-corrected chi connectivity index (χ1v) is 6.76. The van der Waals surface area contributed by atoms with E-state index in [2.05, 4.69) is 40.0 Å². The monoisotopic (exact) mass is 316 g/mol. The van der Waals surface area contributed by atoms with Crippen molar-refractivity contribution in [2.75, 3.05) is 7.11 Å². The highest BCUT2D eigenvalue weighted by Gasteiger charge is 2.07. The summed E-state index contributed by atoms with van der Waals surface area (Å²) in [5, 5.41) is 0. The molecule has 2 heterocycles. The number of hydrogen-bond donors (Lipinski definition) is 0. The summed E-state index contributed by atoms with van der Waals surface area (Å²) in [6.07, 6.45) is 4.06. The molecule has 0 N–H and O–H groups in total. The lowest BCUT2D eigenvalue weighted by Gasteiger charge is -2.04. The second kappa shape index (κ2) is 4.70. The van der Waals surface area contributed by atoms with E-state index < -0.39 is 0 Å². The number of pyridine rings is 1. The molecule has 3 nitrogen and oxygen atoms in total. The first-order valence-electron chi connectivity index (χ1n) is 5.96. The first-order chi connectivity index (χ1) is 9.17. The Morgan fingerprint density at radius 2 is 2.05 bits per heavy atom. The fraction of sp³-hybridized carbons (Fsp3) is 0.133. The van der Waals surface area contributed by atoms with Crippen LogP contribution in [0.25, 0.3) is 16.9 Å². The molecule has 0 atom stereocenters. The van der Waals surface area contributed by atoms with Gasteiger partial charge in [-0.1, -0.05) is 0 Å². The zero-order chi connectivity index (χ0) is 13.4. The van der Waals surface area contributed by atoms with Crippen molar-refractivity contribution in [1.29, 1.82) is 0 Å². The second-order valence-electron chi connectivity index (χ2n) is 4.45. The van der Waals surface area contributed by atoms with E-state index in [1.54, 1.807) is 7.11 Å². The predicted molar refractivity (Wildman–Crippen MR) is 79.6 cm³/mol. The topological polar surface area (TPSA) is 26.5 Å². The van der Waals surface area contributed by atoms with Crippen LogP contribution in [0, 0.1) is 6.92 Å². The molecule has 0 unspecified atom stereocenters. The summed E-state index contributed by atoms with van der Waals surface area (Å²) in [7, 11) is 1.66. The van der Waals surface area contributed by atoms with Gasteiger partial charge in [0.05, 0.1) is 17.3 Å². The Balaban J connectivity index is 2.11. The van der Waals surface area contributed by atoms with Crippen molar-refractivity contribution >= 4 is 21.6 Å². The number of benzene rings is 1. The molecule has 4 heteroatoms. The highest BCUT2D eigenvalue weighted by atomic mass is 79.9. The van der Waals surface area contributed by atoms with Gasteiger partial charge in [0.15, 0.2) is 0 Å². The second-order valence-corrected chi connectivity index (χ2v) is 5.30. The average molecular weight is 317 g/mol. The summed E-state index contributed by atoms with van der Waals surface area (Å²) in [4.78, 5) is 4.64. The third-order valence-corrected chi connectivity index (χ3v) is 3.68. The van der Waals surface area contributed by atoms with Gasteiger partial charge in [-0.2, -0.15) is 0 Å². The minimum atomic E-state index is 0.823. The van der Waals surface area contributed by atoms with Crippen LogP contribution in [0.5, 0.6) is 5.75 Å². The van der Waals surface area contributed by atoms with Crippen molar-refractivity contribution in [3.05, 3.63) is 52.8 Å². The third kappa shape index (κ3) is 2.24. The molecule has 0 aliphatic rings. The number of hydrogen-bond acceptors (Lipinski definition) is 2. The maximum Gasteiger partial charge on any atom is 0.137 e. The third-order valence-electron chi connectivity index (χ3n) is 3.06. The average Bonchev–Trinajstić information content (AvgIpc) is 2.81. The molecule has 0 aliphatic carbocycles. The van der Waals surface area contributed by atoms with Crippen LogP contribution in [0.1, 0.15) is 5.56 Å². The zero-order valence-corrected chi connectivity index (χ0v) is 12.3. The van der Waals surface area contributed by atoms with Crippen LogP contribution in [-0.4, -0.2) is 16.5 Å². The molecule has 3 aromatic rings. The smallest absolute Gasteiger partial charge is 0.137 e. The van der Waals surface area contributed by atoms with Crippen LogP contribution in [0.15, 0.2) is 47.2 Å². The number of imidazole rings is 1. The summed E-state index contributed by atoms with van der Waals surface area (Å²) in [6, 6.07) is 10.1. The molecule has 0 spiro atoms. The molecule has 3 rings (SSSR count). The van der Waals surface area contributed by atoms with Crippen LogP contribution in [-0.2, 0) is 0 Å².